The number of hydroxylamine groups is 2. The Morgan fingerprint density at radius 2 is 1.82 bits per heavy atom. The molecule has 3 heteroatoms. The molecule has 0 aromatic heterocycles. The molecule has 0 amide bonds. The molecule has 0 aliphatic rings. The third-order valence-electron chi connectivity index (χ3n) is 1.67. The van der Waals surface area contributed by atoms with Gasteiger partial charge in [-0.1, -0.05) is 32.6 Å². The second-order valence-electron chi connectivity index (χ2n) is 2.76. The first kappa shape index (κ1) is 10.9. The molecule has 0 radical (unpaired) electrons. The van der Waals surface area contributed by atoms with E-state index < -0.39 is 0 Å². The molecular weight excluding hydrogens is 142 g/mol. The van der Waals surface area contributed by atoms with Crippen LogP contribution in [0.5, 0.6) is 0 Å². The maximum atomic E-state index is 10.5. The average molecular weight is 160 g/mol. The van der Waals surface area contributed by atoms with Gasteiger partial charge in [0.1, 0.15) is 0 Å². The minimum absolute atomic E-state index is 0.367. The van der Waals surface area contributed by atoms with Crippen LogP contribution in [-0.4, -0.2) is 23.4 Å². The lowest BCUT2D eigenvalue weighted by Crippen LogP contribution is -2.18. The van der Waals surface area contributed by atoms with E-state index in [9.17, 15) is 5.21 Å². The van der Waals surface area contributed by atoms with Crippen LogP contribution in [0, 0.1) is 5.21 Å². The van der Waals surface area contributed by atoms with Gasteiger partial charge in [-0.05, 0) is 13.0 Å². The highest BCUT2D eigenvalue weighted by Crippen LogP contribution is 2.02. The lowest BCUT2D eigenvalue weighted by atomic mass is 10.1. The van der Waals surface area contributed by atoms with Crippen molar-refractivity contribution in [3.63, 3.8) is 0 Å². The molecule has 0 aliphatic heterocycles. The summed E-state index contributed by atoms with van der Waals surface area (Å²) in [5.41, 5.74) is 0. The van der Waals surface area contributed by atoms with Crippen LogP contribution < -0.4 is 0 Å². The maximum absolute atomic E-state index is 10.5. The van der Waals surface area contributed by atoms with Crippen LogP contribution >= 0.6 is 0 Å². The van der Waals surface area contributed by atoms with E-state index in [2.05, 4.69) is 6.92 Å². The Morgan fingerprint density at radius 1 is 1.18 bits per heavy atom. The molecule has 0 heterocycles. The van der Waals surface area contributed by atoms with Crippen molar-refractivity contribution in [2.75, 3.05) is 13.3 Å². The summed E-state index contributed by atoms with van der Waals surface area (Å²) in [4.78, 5) is 0. The summed E-state index contributed by atoms with van der Waals surface area (Å²) >= 11 is 0. The van der Waals surface area contributed by atoms with Gasteiger partial charge >= 0.3 is 0 Å². The topological polar surface area (TPSA) is 46.5 Å². The molecule has 0 bridgehead atoms. The molecule has 0 saturated carbocycles. The van der Waals surface area contributed by atoms with E-state index in [1.807, 2.05) is 0 Å². The number of hydrogen-bond donors (Lipinski definition) is 1. The van der Waals surface area contributed by atoms with Gasteiger partial charge in [0.25, 0.3) is 0 Å². The van der Waals surface area contributed by atoms with Crippen molar-refractivity contribution in [1.29, 1.82) is 0 Å². The summed E-state index contributed by atoms with van der Waals surface area (Å²) in [6.07, 6.45) is 5.69. The molecule has 1 N–H and O–H groups in total. The molecule has 0 saturated heterocycles. The normalized spacial score (nSPS) is 10.9. The molecule has 0 fully saturated rings. The molecule has 0 atom stereocenters. The molecule has 0 spiro atoms. The van der Waals surface area contributed by atoms with E-state index in [4.69, 9.17) is 5.11 Å². The minimum Gasteiger partial charge on any atom is -0.784 e. The summed E-state index contributed by atoms with van der Waals surface area (Å²) in [7, 11) is 0. The lowest BCUT2D eigenvalue weighted by Gasteiger charge is -2.24. The van der Waals surface area contributed by atoms with E-state index in [1.54, 1.807) is 0 Å². The molecule has 0 aromatic rings. The Labute approximate surface area is 68.6 Å². The fraction of sp³-hybridized carbons (Fsp3) is 1.00. The third-order valence-corrected chi connectivity index (χ3v) is 1.67. The van der Waals surface area contributed by atoms with Crippen LogP contribution in [0.3, 0.4) is 0 Å². The van der Waals surface area contributed by atoms with Gasteiger partial charge < -0.3 is 15.4 Å². The van der Waals surface area contributed by atoms with E-state index in [-0.39, 0.29) is 6.73 Å². The first-order chi connectivity index (χ1) is 5.31. The van der Waals surface area contributed by atoms with Crippen LogP contribution in [0.4, 0.5) is 0 Å². The Balaban J connectivity index is 2.89. The summed E-state index contributed by atoms with van der Waals surface area (Å²) in [6.45, 7) is 2.27. The molecule has 3 nitrogen and oxygen atoms in total. The van der Waals surface area contributed by atoms with Crippen molar-refractivity contribution in [3.05, 3.63) is 5.21 Å². The predicted octanol–water partition coefficient (Wildman–Crippen LogP) is 1.71. The smallest absolute Gasteiger partial charge is 0.0843 e. The fourth-order valence-electron chi connectivity index (χ4n) is 0.962. The zero-order valence-corrected chi connectivity index (χ0v) is 7.25. The van der Waals surface area contributed by atoms with Crippen LogP contribution in [0.1, 0.15) is 39.0 Å². The van der Waals surface area contributed by atoms with Gasteiger partial charge in [0.15, 0.2) is 0 Å². The molecule has 11 heavy (non-hydrogen) atoms. The number of nitrogens with zero attached hydrogens (tertiary/aromatic N) is 1. The second kappa shape index (κ2) is 7.98. The van der Waals surface area contributed by atoms with Crippen molar-refractivity contribution in [3.8, 4) is 0 Å². The van der Waals surface area contributed by atoms with Gasteiger partial charge in [-0.25, -0.2) is 0 Å². The van der Waals surface area contributed by atoms with Crippen LogP contribution in [0.2, 0.25) is 0 Å². The van der Waals surface area contributed by atoms with Crippen molar-refractivity contribution in [2.24, 2.45) is 0 Å². The molecular formula is C8H18NO2-. The zero-order chi connectivity index (χ0) is 8.53. The number of aliphatic hydroxyl groups excluding tert-OH is 1. The van der Waals surface area contributed by atoms with Crippen molar-refractivity contribution in [2.45, 2.75) is 39.0 Å². The highest BCUT2D eigenvalue weighted by molar-refractivity contribution is 4.51. The Hall–Kier alpha value is -0.120. The molecule has 0 rings (SSSR count). The fourth-order valence-corrected chi connectivity index (χ4v) is 0.962. The number of unbranched alkanes of at least 4 members (excludes halogenated alkanes) is 4. The first-order valence-corrected chi connectivity index (χ1v) is 4.34. The molecule has 0 unspecified atom stereocenters. The Morgan fingerprint density at radius 3 is 2.36 bits per heavy atom. The Bertz CT molecular complexity index is 78.5. The van der Waals surface area contributed by atoms with E-state index >= 15 is 0 Å². The van der Waals surface area contributed by atoms with Crippen molar-refractivity contribution >= 4 is 0 Å². The van der Waals surface area contributed by atoms with Crippen molar-refractivity contribution < 1.29 is 5.11 Å². The molecule has 0 aliphatic carbocycles. The van der Waals surface area contributed by atoms with Gasteiger partial charge in [-0.2, -0.15) is 0 Å². The Kier molecular flexibility index (Phi) is 7.89. The highest BCUT2D eigenvalue weighted by Gasteiger charge is 1.89. The lowest BCUT2D eigenvalue weighted by molar-refractivity contribution is 0.150. The van der Waals surface area contributed by atoms with Crippen LogP contribution in [0.25, 0.3) is 0 Å². The summed E-state index contributed by atoms with van der Waals surface area (Å²) in [5, 5.41) is 19.5. The van der Waals surface area contributed by atoms with Gasteiger partial charge in [0, 0.05) is 0 Å². The van der Waals surface area contributed by atoms with Gasteiger partial charge in [0.05, 0.1) is 6.73 Å². The van der Waals surface area contributed by atoms with Crippen molar-refractivity contribution in [1.82, 2.24) is 5.06 Å². The molecule has 68 valence electrons. The van der Waals surface area contributed by atoms with E-state index in [0.717, 1.165) is 12.8 Å². The second-order valence-corrected chi connectivity index (χ2v) is 2.76. The molecule has 0 aromatic carbocycles. The highest BCUT2D eigenvalue weighted by atomic mass is 16.5. The monoisotopic (exact) mass is 160 g/mol. The standard InChI is InChI=1S/C8H18NO2/c1-2-3-4-5-6-7-9(11)8-10/h10H,2-8H2,1H3/q-1. The number of rotatable bonds is 7. The SMILES string of the molecule is CCCCCCCN([O-])CO. The number of aliphatic hydroxyl groups is 1. The van der Waals surface area contributed by atoms with Crippen LogP contribution in [0.15, 0.2) is 0 Å². The minimum atomic E-state index is -0.367. The largest absolute Gasteiger partial charge is 0.784 e. The number of hydrogen-bond acceptors (Lipinski definition) is 3. The maximum Gasteiger partial charge on any atom is 0.0843 e. The van der Waals surface area contributed by atoms with E-state index in [1.165, 1.54) is 19.3 Å². The summed E-state index contributed by atoms with van der Waals surface area (Å²) in [6, 6.07) is 0. The quantitative estimate of drug-likeness (QED) is 0.350. The third kappa shape index (κ3) is 7.78. The average Bonchev–Trinajstić information content (AvgIpc) is 2.04. The summed E-state index contributed by atoms with van der Waals surface area (Å²) < 4.78 is 0. The zero-order valence-electron chi connectivity index (χ0n) is 7.25. The van der Waals surface area contributed by atoms with Gasteiger partial charge in [0.2, 0.25) is 0 Å². The van der Waals surface area contributed by atoms with E-state index in [0.29, 0.717) is 11.6 Å². The summed E-state index contributed by atoms with van der Waals surface area (Å²) in [5.74, 6) is 0. The van der Waals surface area contributed by atoms with Gasteiger partial charge in [-0.15, -0.1) is 0 Å². The van der Waals surface area contributed by atoms with Crippen LogP contribution in [-0.2, 0) is 0 Å². The first-order valence-electron chi connectivity index (χ1n) is 4.34. The predicted molar refractivity (Wildman–Crippen MR) is 45.9 cm³/mol. The van der Waals surface area contributed by atoms with Gasteiger partial charge in [-0.3, -0.25) is 0 Å².